The average molecular weight is 325 g/mol. The first-order valence-electron chi connectivity index (χ1n) is 7.39. The Morgan fingerprint density at radius 1 is 1.32 bits per heavy atom. The van der Waals surface area contributed by atoms with Crippen molar-refractivity contribution in [2.24, 2.45) is 17.0 Å². The summed E-state index contributed by atoms with van der Waals surface area (Å²) in [5.41, 5.74) is 0.439. The summed E-state index contributed by atoms with van der Waals surface area (Å²) in [5, 5.41) is 7.82. The van der Waals surface area contributed by atoms with Crippen LogP contribution in [-0.4, -0.2) is 38.9 Å². The first-order valence-corrected chi connectivity index (χ1v) is 8.93. The lowest BCUT2D eigenvalue weighted by molar-refractivity contribution is -0.117. The molecule has 2 rings (SSSR count). The third-order valence-corrected chi connectivity index (χ3v) is 4.67. The molecule has 7 heteroatoms. The number of sulfonamides is 1. The molecule has 1 saturated heterocycles. The highest BCUT2D eigenvalue weighted by atomic mass is 32.2. The van der Waals surface area contributed by atoms with Gasteiger partial charge in [0.05, 0.1) is 11.4 Å². The Morgan fingerprint density at radius 2 is 1.95 bits per heavy atom. The predicted molar refractivity (Wildman–Crippen MR) is 85.8 cm³/mol. The number of nitrogens with one attached hydrogen (secondary N) is 1. The molecule has 0 radical (unpaired) electrons. The van der Waals surface area contributed by atoms with E-state index in [-0.39, 0.29) is 10.8 Å². The lowest BCUT2D eigenvalue weighted by Gasteiger charge is -2.34. The van der Waals surface area contributed by atoms with Crippen molar-refractivity contribution in [3.05, 3.63) is 24.3 Å². The van der Waals surface area contributed by atoms with Crippen molar-refractivity contribution >= 4 is 21.6 Å². The Kier molecular flexibility index (Phi) is 5.20. The molecule has 2 atom stereocenters. The van der Waals surface area contributed by atoms with Crippen LogP contribution >= 0.6 is 0 Å². The summed E-state index contributed by atoms with van der Waals surface area (Å²) < 4.78 is 22.6. The van der Waals surface area contributed by atoms with Crippen LogP contribution in [0.4, 0.5) is 5.69 Å². The lowest BCUT2D eigenvalue weighted by atomic mass is 9.92. The van der Waals surface area contributed by atoms with E-state index in [0.29, 0.717) is 24.1 Å². The number of nitrogens with zero attached hydrogens (tertiary/aromatic N) is 1. The molecule has 0 aromatic heterocycles. The van der Waals surface area contributed by atoms with Gasteiger partial charge in [-0.25, -0.2) is 13.6 Å². The fourth-order valence-corrected chi connectivity index (χ4v) is 3.64. The molecule has 1 aliphatic rings. The van der Waals surface area contributed by atoms with Gasteiger partial charge in [-0.15, -0.1) is 0 Å². The molecule has 0 bridgehead atoms. The third-order valence-electron chi connectivity index (χ3n) is 3.76. The molecule has 2 unspecified atom stereocenters. The van der Waals surface area contributed by atoms with E-state index < -0.39 is 10.0 Å². The van der Waals surface area contributed by atoms with Crippen molar-refractivity contribution in [2.45, 2.75) is 25.2 Å². The maximum atomic E-state index is 12.1. The SMILES string of the molecule is CC1CC(C)CN(CC(=O)Nc2cccc(S(N)(=O)=O)c2)C1. The van der Waals surface area contributed by atoms with Crippen LogP contribution in [-0.2, 0) is 14.8 Å². The molecule has 3 N–H and O–H groups in total. The van der Waals surface area contributed by atoms with Gasteiger partial charge >= 0.3 is 0 Å². The summed E-state index contributed by atoms with van der Waals surface area (Å²) in [5.74, 6) is 1.03. The van der Waals surface area contributed by atoms with E-state index >= 15 is 0 Å². The van der Waals surface area contributed by atoms with Crippen LogP contribution in [0.5, 0.6) is 0 Å². The second-order valence-corrected chi connectivity index (χ2v) is 7.82. The van der Waals surface area contributed by atoms with Crippen molar-refractivity contribution in [1.82, 2.24) is 4.90 Å². The highest BCUT2D eigenvalue weighted by molar-refractivity contribution is 7.89. The second kappa shape index (κ2) is 6.76. The maximum Gasteiger partial charge on any atom is 0.238 e. The van der Waals surface area contributed by atoms with E-state index in [1.807, 2.05) is 0 Å². The number of anilines is 1. The zero-order valence-corrected chi connectivity index (χ0v) is 13.8. The van der Waals surface area contributed by atoms with Crippen LogP contribution in [0.1, 0.15) is 20.3 Å². The van der Waals surface area contributed by atoms with Gasteiger partial charge in [0.25, 0.3) is 0 Å². The molecule has 0 spiro atoms. The molecule has 1 aromatic rings. The van der Waals surface area contributed by atoms with Crippen molar-refractivity contribution in [2.75, 3.05) is 25.0 Å². The van der Waals surface area contributed by atoms with Gasteiger partial charge in [-0.3, -0.25) is 9.69 Å². The monoisotopic (exact) mass is 325 g/mol. The van der Waals surface area contributed by atoms with E-state index in [9.17, 15) is 13.2 Å². The maximum absolute atomic E-state index is 12.1. The van der Waals surface area contributed by atoms with Crippen LogP contribution < -0.4 is 10.5 Å². The standard InChI is InChI=1S/C15H23N3O3S/c1-11-6-12(2)9-18(8-11)10-15(19)17-13-4-3-5-14(7-13)22(16,20)21/h3-5,7,11-12H,6,8-10H2,1-2H3,(H,17,19)(H2,16,20,21). The molecule has 22 heavy (non-hydrogen) atoms. The molecular formula is C15H23N3O3S. The van der Waals surface area contributed by atoms with Crippen molar-refractivity contribution in [3.63, 3.8) is 0 Å². The van der Waals surface area contributed by atoms with E-state index in [2.05, 4.69) is 24.1 Å². The van der Waals surface area contributed by atoms with Gasteiger partial charge in [0.1, 0.15) is 0 Å². The summed E-state index contributed by atoms with van der Waals surface area (Å²) in [6, 6.07) is 5.97. The lowest BCUT2D eigenvalue weighted by Crippen LogP contribution is -2.42. The number of primary sulfonamides is 1. The zero-order valence-electron chi connectivity index (χ0n) is 13.0. The summed E-state index contributed by atoms with van der Waals surface area (Å²) in [7, 11) is -3.76. The Bertz CT molecular complexity index is 635. The Hall–Kier alpha value is -1.44. The topological polar surface area (TPSA) is 92.5 Å². The summed E-state index contributed by atoms with van der Waals surface area (Å²) in [6.07, 6.45) is 1.19. The Balaban J connectivity index is 1.97. The van der Waals surface area contributed by atoms with Gasteiger partial charge in [0.15, 0.2) is 0 Å². The van der Waals surface area contributed by atoms with Crippen molar-refractivity contribution < 1.29 is 13.2 Å². The van der Waals surface area contributed by atoms with Gasteiger partial charge in [0.2, 0.25) is 15.9 Å². The highest BCUT2D eigenvalue weighted by Crippen LogP contribution is 2.21. The average Bonchev–Trinajstić information content (AvgIpc) is 2.36. The number of carbonyl (C=O) groups excluding carboxylic acids is 1. The smallest absolute Gasteiger partial charge is 0.238 e. The predicted octanol–water partition coefficient (Wildman–Crippen LogP) is 1.25. The third kappa shape index (κ3) is 4.79. The number of hydrogen-bond donors (Lipinski definition) is 2. The van der Waals surface area contributed by atoms with Crippen LogP contribution in [0.25, 0.3) is 0 Å². The number of likely N-dealkylation sites (tertiary alicyclic amines) is 1. The van der Waals surface area contributed by atoms with Gasteiger partial charge in [-0.1, -0.05) is 19.9 Å². The number of hydrogen-bond acceptors (Lipinski definition) is 4. The number of nitrogens with two attached hydrogens (primary N) is 1. The molecule has 1 fully saturated rings. The van der Waals surface area contributed by atoms with E-state index in [1.165, 1.54) is 18.6 Å². The number of rotatable bonds is 4. The first-order chi connectivity index (χ1) is 10.2. The minimum atomic E-state index is -3.76. The van der Waals surface area contributed by atoms with E-state index in [4.69, 9.17) is 5.14 Å². The molecular weight excluding hydrogens is 302 g/mol. The van der Waals surface area contributed by atoms with Gasteiger partial charge < -0.3 is 5.32 Å². The number of piperidine rings is 1. The van der Waals surface area contributed by atoms with Crippen LogP contribution in [0.15, 0.2) is 29.2 Å². The number of benzene rings is 1. The molecule has 0 saturated carbocycles. The molecule has 1 aromatic carbocycles. The van der Waals surface area contributed by atoms with Gasteiger partial charge in [-0.05, 0) is 36.5 Å². The first kappa shape index (κ1) is 16.9. The van der Waals surface area contributed by atoms with Gasteiger partial charge in [-0.2, -0.15) is 0 Å². The largest absolute Gasteiger partial charge is 0.325 e. The Labute approximate surface area is 131 Å². The minimum absolute atomic E-state index is 0.00878. The zero-order chi connectivity index (χ0) is 16.3. The fraction of sp³-hybridized carbons (Fsp3) is 0.533. The molecule has 6 nitrogen and oxygen atoms in total. The van der Waals surface area contributed by atoms with E-state index in [0.717, 1.165) is 13.1 Å². The van der Waals surface area contributed by atoms with Crippen molar-refractivity contribution in [1.29, 1.82) is 0 Å². The van der Waals surface area contributed by atoms with Crippen LogP contribution in [0.3, 0.4) is 0 Å². The number of carbonyl (C=O) groups is 1. The van der Waals surface area contributed by atoms with Crippen LogP contribution in [0.2, 0.25) is 0 Å². The summed E-state index contributed by atoms with van der Waals surface area (Å²) >= 11 is 0. The fourth-order valence-electron chi connectivity index (χ4n) is 3.08. The molecule has 1 aliphatic heterocycles. The second-order valence-electron chi connectivity index (χ2n) is 6.26. The van der Waals surface area contributed by atoms with Gasteiger partial charge in [0, 0.05) is 18.8 Å². The quantitative estimate of drug-likeness (QED) is 0.871. The van der Waals surface area contributed by atoms with E-state index in [1.54, 1.807) is 12.1 Å². The molecule has 122 valence electrons. The van der Waals surface area contributed by atoms with Crippen molar-refractivity contribution in [3.8, 4) is 0 Å². The minimum Gasteiger partial charge on any atom is -0.325 e. The summed E-state index contributed by atoms with van der Waals surface area (Å²) in [4.78, 5) is 14.2. The molecule has 0 aliphatic carbocycles. The highest BCUT2D eigenvalue weighted by Gasteiger charge is 2.23. The normalized spacial score (nSPS) is 23.2. The summed E-state index contributed by atoms with van der Waals surface area (Å²) in [6.45, 7) is 6.52. The number of amides is 1. The molecule has 1 amide bonds. The Morgan fingerprint density at radius 3 is 2.55 bits per heavy atom. The van der Waals surface area contributed by atoms with Crippen LogP contribution in [0, 0.1) is 11.8 Å². The molecule has 1 heterocycles.